The molecule has 1 aliphatic rings. The van der Waals surface area contributed by atoms with Crippen LogP contribution in [0.2, 0.25) is 0 Å². The Morgan fingerprint density at radius 3 is 2.79 bits per heavy atom. The summed E-state index contributed by atoms with van der Waals surface area (Å²) in [7, 11) is 0. The molecular formula is C15H21NO2S. The monoisotopic (exact) mass is 279 g/mol. The zero-order valence-electron chi connectivity index (χ0n) is 11.5. The van der Waals surface area contributed by atoms with Crippen LogP contribution in [0, 0.1) is 13.8 Å². The molecule has 0 aliphatic heterocycles. The third kappa shape index (κ3) is 4.55. The molecule has 0 saturated heterocycles. The van der Waals surface area contributed by atoms with Crippen LogP contribution in [0.15, 0.2) is 23.1 Å². The molecule has 0 bridgehead atoms. The molecule has 0 amide bonds. The van der Waals surface area contributed by atoms with E-state index in [1.54, 1.807) is 11.8 Å². The van der Waals surface area contributed by atoms with Crippen LogP contribution in [-0.2, 0) is 4.79 Å². The highest BCUT2D eigenvalue weighted by Gasteiger charge is 2.27. The third-order valence-corrected chi connectivity index (χ3v) is 4.52. The maximum Gasteiger partial charge on any atom is 0.320 e. The van der Waals surface area contributed by atoms with Gasteiger partial charge in [0.05, 0.1) is 0 Å². The smallest absolute Gasteiger partial charge is 0.320 e. The zero-order valence-corrected chi connectivity index (χ0v) is 12.3. The average molecular weight is 279 g/mol. The average Bonchev–Trinajstić information content (AvgIpc) is 3.14. The van der Waals surface area contributed by atoms with Crippen LogP contribution in [-0.4, -0.2) is 28.9 Å². The Labute approximate surface area is 118 Å². The summed E-state index contributed by atoms with van der Waals surface area (Å²) in [4.78, 5) is 12.4. The van der Waals surface area contributed by atoms with Crippen LogP contribution in [0.5, 0.6) is 0 Å². The van der Waals surface area contributed by atoms with Crippen molar-refractivity contribution in [3.63, 3.8) is 0 Å². The number of carboxylic acid groups (broad SMARTS) is 1. The van der Waals surface area contributed by atoms with Crippen LogP contribution in [0.25, 0.3) is 0 Å². The Morgan fingerprint density at radius 2 is 2.21 bits per heavy atom. The Balaban J connectivity index is 1.82. The molecule has 2 N–H and O–H groups in total. The first-order valence-electron chi connectivity index (χ1n) is 6.75. The van der Waals surface area contributed by atoms with Gasteiger partial charge in [0.15, 0.2) is 0 Å². The molecule has 1 atom stereocenters. The number of hydrogen-bond acceptors (Lipinski definition) is 3. The van der Waals surface area contributed by atoms with Crippen molar-refractivity contribution >= 4 is 17.7 Å². The molecule has 1 unspecified atom stereocenters. The minimum absolute atomic E-state index is 0.397. The molecule has 0 radical (unpaired) electrons. The van der Waals surface area contributed by atoms with Gasteiger partial charge in [-0.15, -0.1) is 11.8 Å². The SMILES string of the molecule is Cc1ccc(SCCC(NC2CC2)C(=O)O)c(C)c1. The van der Waals surface area contributed by atoms with Gasteiger partial charge in [0.25, 0.3) is 0 Å². The Bertz CT molecular complexity index is 457. The summed E-state index contributed by atoms with van der Waals surface area (Å²) in [6, 6.07) is 6.43. The lowest BCUT2D eigenvalue weighted by Gasteiger charge is -2.14. The summed E-state index contributed by atoms with van der Waals surface area (Å²) in [5.74, 6) is 0.105. The van der Waals surface area contributed by atoms with Gasteiger partial charge in [0, 0.05) is 16.7 Å². The van der Waals surface area contributed by atoms with Crippen molar-refractivity contribution in [3.05, 3.63) is 29.3 Å². The number of thioether (sulfide) groups is 1. The number of benzene rings is 1. The molecule has 0 aromatic heterocycles. The maximum atomic E-state index is 11.1. The number of aliphatic carboxylic acids is 1. The summed E-state index contributed by atoms with van der Waals surface area (Å²) in [6.45, 7) is 4.19. The normalized spacial score (nSPS) is 16.3. The van der Waals surface area contributed by atoms with Gasteiger partial charge in [-0.2, -0.15) is 0 Å². The highest BCUT2D eigenvalue weighted by atomic mass is 32.2. The summed E-state index contributed by atoms with van der Waals surface area (Å²) in [5.41, 5.74) is 2.53. The molecular weight excluding hydrogens is 258 g/mol. The fourth-order valence-corrected chi connectivity index (χ4v) is 3.08. The van der Waals surface area contributed by atoms with E-state index >= 15 is 0 Å². The third-order valence-electron chi connectivity index (χ3n) is 3.31. The lowest BCUT2D eigenvalue weighted by atomic mass is 10.2. The molecule has 19 heavy (non-hydrogen) atoms. The fourth-order valence-electron chi connectivity index (χ4n) is 2.06. The largest absolute Gasteiger partial charge is 0.480 e. The molecule has 1 saturated carbocycles. The minimum atomic E-state index is -0.729. The van der Waals surface area contributed by atoms with Gasteiger partial charge >= 0.3 is 5.97 Å². The van der Waals surface area contributed by atoms with Crippen LogP contribution in [0.4, 0.5) is 0 Å². The van der Waals surface area contributed by atoms with Crippen LogP contribution < -0.4 is 5.32 Å². The standard InChI is InChI=1S/C15H21NO2S/c1-10-3-6-14(11(2)9-10)19-8-7-13(15(17)18)16-12-4-5-12/h3,6,9,12-13,16H,4-5,7-8H2,1-2H3,(H,17,18). The van der Waals surface area contributed by atoms with E-state index in [4.69, 9.17) is 5.11 Å². The van der Waals surface area contributed by atoms with E-state index in [0.717, 1.165) is 18.6 Å². The van der Waals surface area contributed by atoms with E-state index in [1.165, 1.54) is 16.0 Å². The van der Waals surface area contributed by atoms with Crippen LogP contribution in [0.3, 0.4) is 0 Å². The van der Waals surface area contributed by atoms with E-state index < -0.39 is 12.0 Å². The van der Waals surface area contributed by atoms with Crippen molar-refractivity contribution in [1.82, 2.24) is 5.32 Å². The van der Waals surface area contributed by atoms with Gasteiger partial charge in [-0.05, 0) is 44.7 Å². The summed E-state index contributed by atoms with van der Waals surface area (Å²) in [5, 5.41) is 12.4. The van der Waals surface area contributed by atoms with Crippen molar-refractivity contribution < 1.29 is 9.90 Å². The first kappa shape index (κ1) is 14.4. The second-order valence-corrected chi connectivity index (χ2v) is 6.37. The number of carboxylic acids is 1. The van der Waals surface area contributed by atoms with Crippen LogP contribution in [0.1, 0.15) is 30.4 Å². The van der Waals surface area contributed by atoms with Gasteiger partial charge < -0.3 is 10.4 Å². The minimum Gasteiger partial charge on any atom is -0.480 e. The van der Waals surface area contributed by atoms with Gasteiger partial charge in [-0.3, -0.25) is 4.79 Å². The lowest BCUT2D eigenvalue weighted by molar-refractivity contribution is -0.139. The highest BCUT2D eigenvalue weighted by Crippen LogP contribution is 2.25. The lowest BCUT2D eigenvalue weighted by Crippen LogP contribution is -2.38. The van der Waals surface area contributed by atoms with Gasteiger partial charge in [-0.1, -0.05) is 17.7 Å². The number of hydrogen-bond donors (Lipinski definition) is 2. The Morgan fingerprint density at radius 1 is 1.47 bits per heavy atom. The Kier molecular flexibility index (Phi) is 4.88. The number of aryl methyl sites for hydroxylation is 2. The highest BCUT2D eigenvalue weighted by molar-refractivity contribution is 7.99. The topological polar surface area (TPSA) is 49.3 Å². The molecule has 3 nitrogen and oxygen atoms in total. The summed E-state index contributed by atoms with van der Waals surface area (Å²) >= 11 is 1.75. The molecule has 0 spiro atoms. The first-order chi connectivity index (χ1) is 9.06. The van der Waals surface area contributed by atoms with E-state index in [1.807, 2.05) is 0 Å². The Hall–Kier alpha value is -1.00. The summed E-state index contributed by atoms with van der Waals surface area (Å²) < 4.78 is 0. The number of carbonyl (C=O) groups is 1. The fraction of sp³-hybridized carbons (Fsp3) is 0.533. The van der Waals surface area contributed by atoms with Crippen molar-refractivity contribution in [2.75, 3.05) is 5.75 Å². The second-order valence-electron chi connectivity index (χ2n) is 5.24. The number of rotatable bonds is 7. The molecule has 1 fully saturated rings. The van der Waals surface area contributed by atoms with Gasteiger partial charge in [0.1, 0.15) is 6.04 Å². The maximum absolute atomic E-state index is 11.1. The van der Waals surface area contributed by atoms with Gasteiger partial charge in [0.2, 0.25) is 0 Å². The van der Waals surface area contributed by atoms with Crippen molar-refractivity contribution in [2.45, 2.75) is 50.1 Å². The molecule has 1 aromatic rings. The predicted octanol–water partition coefficient (Wildman–Crippen LogP) is 2.99. The molecule has 4 heteroatoms. The first-order valence-corrected chi connectivity index (χ1v) is 7.73. The molecule has 104 valence electrons. The molecule has 0 heterocycles. The molecule has 2 rings (SSSR count). The van der Waals surface area contributed by atoms with Crippen LogP contribution >= 0.6 is 11.8 Å². The number of nitrogens with one attached hydrogen (secondary N) is 1. The van der Waals surface area contributed by atoms with Crippen molar-refractivity contribution in [3.8, 4) is 0 Å². The van der Waals surface area contributed by atoms with Crippen molar-refractivity contribution in [2.24, 2.45) is 0 Å². The van der Waals surface area contributed by atoms with Gasteiger partial charge in [-0.25, -0.2) is 0 Å². The van der Waals surface area contributed by atoms with Crippen molar-refractivity contribution in [1.29, 1.82) is 0 Å². The molecule has 1 aromatic carbocycles. The van der Waals surface area contributed by atoms with E-state index in [2.05, 4.69) is 37.4 Å². The zero-order chi connectivity index (χ0) is 13.8. The van der Waals surface area contributed by atoms with E-state index in [9.17, 15) is 4.79 Å². The second kappa shape index (κ2) is 6.44. The van der Waals surface area contributed by atoms with E-state index in [0.29, 0.717) is 12.5 Å². The quantitative estimate of drug-likeness (QED) is 0.753. The molecule has 1 aliphatic carbocycles. The van der Waals surface area contributed by atoms with E-state index in [-0.39, 0.29) is 0 Å². The summed E-state index contributed by atoms with van der Waals surface area (Å²) in [6.07, 6.45) is 2.91. The predicted molar refractivity (Wildman–Crippen MR) is 78.8 cm³/mol.